The molecule has 0 aliphatic carbocycles. The molecule has 0 amide bonds. The summed E-state index contributed by atoms with van der Waals surface area (Å²) in [5.74, 6) is -1.04. The Balaban J connectivity index is 1.77. The van der Waals surface area contributed by atoms with Crippen LogP contribution in [-0.2, 0) is 41.2 Å². The van der Waals surface area contributed by atoms with Crippen molar-refractivity contribution in [1.29, 1.82) is 0 Å². The highest BCUT2D eigenvalue weighted by Crippen LogP contribution is 2.31. The Morgan fingerprint density at radius 3 is 1.88 bits per heavy atom. The van der Waals surface area contributed by atoms with Gasteiger partial charge >= 0.3 is 0 Å². The van der Waals surface area contributed by atoms with Crippen molar-refractivity contribution in [2.75, 3.05) is 0 Å². The van der Waals surface area contributed by atoms with Crippen LogP contribution >= 0.6 is 0 Å². The number of rotatable bonds is 1. The van der Waals surface area contributed by atoms with Gasteiger partial charge in [-0.2, -0.15) is 33.7 Å². The predicted octanol–water partition coefficient (Wildman–Crippen LogP) is -1.43. The lowest BCUT2D eigenvalue weighted by atomic mass is 9.89. The lowest BCUT2D eigenvalue weighted by molar-refractivity contribution is 0.625. The monoisotopic (exact) mass is 640 g/mol. The summed E-state index contributed by atoms with van der Waals surface area (Å²) in [5.41, 5.74) is 0.511. The van der Waals surface area contributed by atoms with Crippen LogP contribution in [0.25, 0.3) is 18.2 Å². The van der Waals surface area contributed by atoms with E-state index in [1.54, 1.807) is 66.7 Å². The highest BCUT2D eigenvalue weighted by molar-refractivity contribution is 7.86. The second-order valence-electron chi connectivity index (χ2n) is 9.18. The third-order valence-corrected chi connectivity index (χ3v) is 9.93. The Morgan fingerprint density at radius 1 is 0.619 bits per heavy atom. The van der Waals surface area contributed by atoms with Gasteiger partial charge in [-0.1, -0.05) is 30.3 Å². The van der Waals surface area contributed by atoms with Gasteiger partial charge in [0, 0.05) is 22.1 Å². The van der Waals surface area contributed by atoms with Crippen LogP contribution in [0.3, 0.4) is 0 Å². The van der Waals surface area contributed by atoms with Crippen molar-refractivity contribution < 1.29 is 33.7 Å². The average Bonchev–Trinajstić information content (AvgIpc) is 3.71. The molecule has 0 saturated carbocycles. The molecule has 2 unspecified atom stereocenters. The normalized spacial score (nSPS) is 19.4. The van der Waals surface area contributed by atoms with Crippen molar-refractivity contribution in [2.24, 2.45) is 9.98 Å². The van der Waals surface area contributed by atoms with E-state index in [1.807, 2.05) is 0 Å². The van der Waals surface area contributed by atoms with Gasteiger partial charge in [0.05, 0.1) is 22.2 Å². The molecule has 2 N–H and O–H groups in total. The van der Waals surface area contributed by atoms with E-state index in [4.69, 9.17) is 0 Å². The minimum Gasteiger partial charge on any atom is -0.355 e. The fraction of sp³-hybridized carbons (Fsp3) is 0.0769. The Morgan fingerprint density at radius 2 is 1.26 bits per heavy atom. The van der Waals surface area contributed by atoms with E-state index in [2.05, 4.69) is 20.0 Å². The van der Waals surface area contributed by atoms with E-state index in [0.29, 0.717) is 27.6 Å². The van der Waals surface area contributed by atoms with Gasteiger partial charge < -0.3 is 9.97 Å². The highest BCUT2D eigenvalue weighted by atomic mass is 32.2. The van der Waals surface area contributed by atoms with Crippen molar-refractivity contribution in [3.8, 4) is 0 Å². The zero-order chi connectivity index (χ0) is 29.7. The van der Waals surface area contributed by atoms with Crippen LogP contribution in [0.5, 0.6) is 0 Å². The molecular formula is C26H16N4O8S4. The molecule has 0 saturated heterocycles. The Hall–Kier alpha value is -4.64. The van der Waals surface area contributed by atoms with E-state index in [1.165, 1.54) is 6.08 Å². The molecule has 3 aliphatic heterocycles. The van der Waals surface area contributed by atoms with Crippen LogP contribution in [0, 0.1) is 0 Å². The van der Waals surface area contributed by atoms with E-state index in [9.17, 15) is 33.7 Å². The fourth-order valence-corrected chi connectivity index (χ4v) is 8.17. The summed E-state index contributed by atoms with van der Waals surface area (Å²) in [4.78, 5) is 12.0. The first-order valence-electron chi connectivity index (χ1n) is 12.0. The molecule has 2 atom stereocenters. The quantitative estimate of drug-likeness (QED) is 0.303. The van der Waals surface area contributed by atoms with Crippen LogP contribution in [0.2, 0.25) is 0 Å². The number of hydrogen-bond acceptors (Lipinski definition) is 10. The first kappa shape index (κ1) is 27.5. The topological polar surface area (TPSA) is 193 Å². The van der Waals surface area contributed by atoms with Crippen molar-refractivity contribution in [1.82, 2.24) is 9.97 Å². The maximum Gasteiger partial charge on any atom is 0.225 e. The van der Waals surface area contributed by atoms with Gasteiger partial charge in [0.25, 0.3) is 0 Å². The number of benzene rings is 1. The smallest absolute Gasteiger partial charge is 0.225 e. The van der Waals surface area contributed by atoms with Crippen LogP contribution < -0.4 is 10.7 Å². The molecule has 0 spiro atoms. The van der Waals surface area contributed by atoms with Gasteiger partial charge in [-0.25, -0.2) is 4.99 Å². The third kappa shape index (κ3) is 4.79. The lowest BCUT2D eigenvalue weighted by Gasteiger charge is -2.14. The van der Waals surface area contributed by atoms with Gasteiger partial charge in [0.15, 0.2) is 0 Å². The molecule has 8 bridgehead atoms. The number of nitrogens with one attached hydrogen (secondary N) is 2. The Kier molecular flexibility index (Phi) is 6.97. The molecule has 42 heavy (non-hydrogen) atoms. The molecule has 212 valence electrons. The highest BCUT2D eigenvalue weighted by Gasteiger charge is 2.45. The zero-order valence-electron chi connectivity index (χ0n) is 20.9. The number of fused-ring (bicyclic) bond motifs is 6. The maximum absolute atomic E-state index is 12.8. The van der Waals surface area contributed by atoms with Gasteiger partial charge in [0.2, 0.25) is 41.2 Å². The largest absolute Gasteiger partial charge is 0.355 e. The van der Waals surface area contributed by atoms with Crippen LogP contribution in [0.1, 0.15) is 22.9 Å². The number of hydrogen-bond donors (Lipinski definition) is 2. The molecular weight excluding hydrogens is 625 g/mol. The number of aliphatic imine (C=N–C) groups is 2. The van der Waals surface area contributed by atoms with Crippen LogP contribution in [0.4, 0.5) is 0 Å². The standard InChI is InChI=1S/C26H16N4O8S4/c31-39(32)23-19-12-17-9-7-15(28-17)10-14-6-8-16(27-14)11-18-20(13-4-2-1-3-5-13)24(40(33)34)21(29-18)25(41(35)36)22(30-19)26(23)42(37)38/h1-12,20-21,27-28H. The van der Waals surface area contributed by atoms with Gasteiger partial charge in [-0.3, -0.25) is 4.99 Å². The summed E-state index contributed by atoms with van der Waals surface area (Å²) in [5, 5.41) is 1.20. The third-order valence-electron chi connectivity index (χ3n) is 6.70. The molecule has 12 nitrogen and oxygen atoms in total. The summed E-state index contributed by atoms with van der Waals surface area (Å²) >= 11 is 0. The fourth-order valence-electron chi connectivity index (χ4n) is 5.06. The summed E-state index contributed by atoms with van der Waals surface area (Å²) in [7, 11) is -12.8. The van der Waals surface area contributed by atoms with Crippen molar-refractivity contribution >= 4 is 90.3 Å². The van der Waals surface area contributed by atoms with Gasteiger partial charge in [0.1, 0.15) is 26.3 Å². The van der Waals surface area contributed by atoms with Crippen molar-refractivity contribution in [3.63, 3.8) is 0 Å². The van der Waals surface area contributed by atoms with Crippen LogP contribution in [0.15, 0.2) is 70.3 Å². The SMILES string of the molecule is O=S(=O)=C1C2=Cc3ccc([nH]3)C=c3ccc([nH]3)=CC3=NC(C(=S(=O)=O)C(=N2)C1=S(=O)=O)C(=S(=O)=O)C3c1ccccc1. The molecule has 3 aliphatic rings. The molecule has 0 radical (unpaired) electrons. The van der Waals surface area contributed by atoms with Gasteiger partial charge in [-0.15, -0.1) is 0 Å². The van der Waals surface area contributed by atoms with E-state index in [-0.39, 0.29) is 16.3 Å². The maximum atomic E-state index is 12.8. The summed E-state index contributed by atoms with van der Waals surface area (Å²) < 4.78 is 101. The average molecular weight is 641 g/mol. The lowest BCUT2D eigenvalue weighted by Crippen LogP contribution is -2.39. The zero-order valence-corrected chi connectivity index (χ0v) is 24.1. The summed E-state index contributed by atoms with van der Waals surface area (Å²) in [6.45, 7) is 0. The second kappa shape index (κ2) is 10.6. The van der Waals surface area contributed by atoms with E-state index < -0.39 is 73.4 Å². The molecule has 0 fully saturated rings. The predicted molar refractivity (Wildman–Crippen MR) is 160 cm³/mol. The minimum absolute atomic E-state index is 0.173. The minimum atomic E-state index is -3.30. The molecule has 1 aromatic carbocycles. The number of aromatic nitrogens is 2. The molecule has 3 aromatic rings. The number of nitrogens with zero attached hydrogens (tertiary/aromatic N) is 2. The number of allylic oxidation sites excluding steroid dienone is 1. The first-order valence-corrected chi connectivity index (χ1v) is 16.3. The van der Waals surface area contributed by atoms with Crippen molar-refractivity contribution in [2.45, 2.75) is 12.0 Å². The van der Waals surface area contributed by atoms with E-state index >= 15 is 0 Å². The second-order valence-corrected chi connectivity index (χ2v) is 12.8. The Bertz CT molecular complexity index is 2500. The molecule has 5 heterocycles. The summed E-state index contributed by atoms with van der Waals surface area (Å²) in [6, 6.07) is 13.5. The van der Waals surface area contributed by atoms with Gasteiger partial charge in [-0.05, 0) is 48.1 Å². The Labute approximate surface area is 242 Å². The van der Waals surface area contributed by atoms with Crippen molar-refractivity contribution in [3.05, 3.63) is 87.9 Å². The number of H-pyrrole nitrogens is 2. The molecule has 6 rings (SSSR count). The summed E-state index contributed by atoms with van der Waals surface area (Å²) in [6.07, 6.45) is 4.58. The van der Waals surface area contributed by atoms with Crippen LogP contribution in [-0.4, -0.2) is 80.6 Å². The van der Waals surface area contributed by atoms with E-state index in [0.717, 1.165) is 0 Å². The molecule has 16 heteroatoms. The first-order chi connectivity index (χ1) is 20.1. The molecule has 2 aromatic heterocycles. The number of aromatic amines is 2.